The van der Waals surface area contributed by atoms with Crippen molar-refractivity contribution in [1.82, 2.24) is 0 Å². The van der Waals surface area contributed by atoms with Crippen molar-refractivity contribution in [2.75, 3.05) is 11.5 Å². The molecule has 0 bridgehead atoms. The molecule has 0 amide bonds. The van der Waals surface area contributed by atoms with Crippen LogP contribution in [-0.4, -0.2) is 15.2 Å². The molecule has 0 radical (unpaired) electrons. The molecule has 5 nitrogen and oxygen atoms in total. The summed E-state index contributed by atoms with van der Waals surface area (Å²) in [5, 5.41) is 0. The van der Waals surface area contributed by atoms with E-state index < -0.39 is 15.8 Å². The van der Waals surface area contributed by atoms with E-state index in [-0.39, 0.29) is 17.4 Å². The Morgan fingerprint density at radius 3 is 2.35 bits per heavy atom. The van der Waals surface area contributed by atoms with Gasteiger partial charge in [-0.1, -0.05) is 30.3 Å². The molecule has 7 heteroatoms. The number of hydrogen-bond donors (Lipinski definition) is 1. The maximum atomic E-state index is 13.7. The van der Waals surface area contributed by atoms with Crippen molar-refractivity contribution in [2.24, 2.45) is 0 Å². The van der Waals surface area contributed by atoms with E-state index in [1.54, 1.807) is 42.5 Å². The van der Waals surface area contributed by atoms with Gasteiger partial charge in [-0.15, -0.1) is 0 Å². The van der Waals surface area contributed by atoms with Crippen molar-refractivity contribution < 1.29 is 22.3 Å². The summed E-state index contributed by atoms with van der Waals surface area (Å²) in [4.78, 5) is 0.128. The Morgan fingerprint density at radius 2 is 1.62 bits per heavy atom. The Morgan fingerprint density at radius 1 is 0.885 bits per heavy atom. The molecule has 1 heterocycles. The van der Waals surface area contributed by atoms with E-state index in [4.69, 9.17) is 9.47 Å². The normalized spacial score (nSPS) is 12.8. The molecule has 0 spiro atoms. The predicted octanol–water partition coefficient (Wildman–Crippen LogP) is 4.02. The fourth-order valence-corrected chi connectivity index (χ4v) is 3.82. The second kappa shape index (κ2) is 6.34. The largest absolute Gasteiger partial charge is 0.454 e. The zero-order valence-electron chi connectivity index (χ0n) is 13.5. The van der Waals surface area contributed by atoms with Crippen LogP contribution in [0.2, 0.25) is 0 Å². The van der Waals surface area contributed by atoms with Crippen LogP contribution in [0.5, 0.6) is 11.5 Å². The molecular weight excluding hydrogens is 357 g/mol. The Bertz CT molecular complexity index is 1070. The number of anilines is 1. The minimum absolute atomic E-state index is 0.0484. The molecule has 0 fully saturated rings. The van der Waals surface area contributed by atoms with Gasteiger partial charge >= 0.3 is 0 Å². The number of halogens is 1. The summed E-state index contributed by atoms with van der Waals surface area (Å²) in [6.45, 7) is 0.0484. The van der Waals surface area contributed by atoms with E-state index in [2.05, 4.69) is 4.72 Å². The van der Waals surface area contributed by atoms with Crippen LogP contribution in [0.1, 0.15) is 0 Å². The molecule has 0 aromatic heterocycles. The Labute approximate surface area is 150 Å². The summed E-state index contributed by atoms with van der Waals surface area (Å²) in [6, 6.07) is 17.1. The van der Waals surface area contributed by atoms with Gasteiger partial charge in [-0.05, 0) is 35.9 Å². The van der Waals surface area contributed by atoms with Crippen molar-refractivity contribution >= 4 is 15.7 Å². The van der Waals surface area contributed by atoms with Crippen LogP contribution < -0.4 is 14.2 Å². The third kappa shape index (κ3) is 3.09. The van der Waals surface area contributed by atoms with Crippen LogP contribution in [-0.2, 0) is 10.0 Å². The molecule has 0 aliphatic carbocycles. The molecule has 0 saturated carbocycles. The van der Waals surface area contributed by atoms with Crippen LogP contribution in [0.15, 0.2) is 71.6 Å². The number of benzene rings is 3. The molecule has 0 unspecified atom stereocenters. The number of ether oxygens (including phenoxy) is 2. The third-order valence-electron chi connectivity index (χ3n) is 3.95. The highest BCUT2D eigenvalue weighted by atomic mass is 32.2. The first kappa shape index (κ1) is 16.4. The first-order valence-corrected chi connectivity index (χ1v) is 9.29. The topological polar surface area (TPSA) is 64.6 Å². The van der Waals surface area contributed by atoms with E-state index in [0.717, 1.165) is 0 Å². The van der Waals surface area contributed by atoms with Crippen molar-refractivity contribution in [3.63, 3.8) is 0 Å². The van der Waals surface area contributed by atoms with E-state index in [9.17, 15) is 12.8 Å². The van der Waals surface area contributed by atoms with Gasteiger partial charge in [-0.3, -0.25) is 4.72 Å². The number of nitrogens with one attached hydrogen (secondary N) is 1. The molecule has 3 aromatic carbocycles. The Hall–Kier alpha value is -3.06. The molecule has 3 aromatic rings. The average molecular weight is 371 g/mol. The molecule has 0 atom stereocenters. The lowest BCUT2D eigenvalue weighted by molar-refractivity contribution is 0.174. The Balaban J connectivity index is 1.83. The van der Waals surface area contributed by atoms with Crippen molar-refractivity contribution in [3.05, 3.63) is 72.5 Å². The minimum Gasteiger partial charge on any atom is -0.454 e. The van der Waals surface area contributed by atoms with E-state index >= 15 is 0 Å². The summed E-state index contributed by atoms with van der Waals surface area (Å²) < 4.78 is 52.3. The lowest BCUT2D eigenvalue weighted by Crippen LogP contribution is -2.13. The van der Waals surface area contributed by atoms with Crippen LogP contribution >= 0.6 is 0 Å². The van der Waals surface area contributed by atoms with E-state index in [1.807, 2.05) is 0 Å². The maximum Gasteiger partial charge on any atom is 0.261 e. The second-order valence-electron chi connectivity index (χ2n) is 5.68. The number of sulfonamides is 1. The average Bonchev–Trinajstić information content (AvgIpc) is 3.09. The highest BCUT2D eigenvalue weighted by Crippen LogP contribution is 2.42. The zero-order valence-corrected chi connectivity index (χ0v) is 14.3. The summed E-state index contributed by atoms with van der Waals surface area (Å²) in [6.07, 6.45) is 0. The zero-order chi connectivity index (χ0) is 18.1. The first-order valence-electron chi connectivity index (χ1n) is 7.80. The molecular formula is C19H14FNO4S. The minimum atomic E-state index is -3.81. The fourth-order valence-electron chi connectivity index (χ4n) is 2.72. The van der Waals surface area contributed by atoms with Gasteiger partial charge in [-0.25, -0.2) is 12.8 Å². The van der Waals surface area contributed by atoms with Gasteiger partial charge in [-0.2, -0.15) is 0 Å². The van der Waals surface area contributed by atoms with E-state index in [0.29, 0.717) is 22.6 Å². The molecule has 1 N–H and O–H groups in total. The predicted molar refractivity (Wildman–Crippen MR) is 95.2 cm³/mol. The van der Waals surface area contributed by atoms with Crippen molar-refractivity contribution in [2.45, 2.75) is 4.90 Å². The molecule has 1 aliphatic rings. The van der Waals surface area contributed by atoms with Gasteiger partial charge in [0, 0.05) is 11.6 Å². The maximum absolute atomic E-state index is 13.7. The van der Waals surface area contributed by atoms with Crippen LogP contribution in [0, 0.1) is 5.82 Å². The highest BCUT2D eigenvalue weighted by Gasteiger charge is 2.22. The lowest BCUT2D eigenvalue weighted by Gasteiger charge is -2.14. The summed E-state index contributed by atoms with van der Waals surface area (Å²) in [7, 11) is -3.81. The SMILES string of the molecule is O=S(=O)(Nc1cc2c(cc1-c1cccc(F)c1)OCO2)c1ccccc1. The van der Waals surface area contributed by atoms with Gasteiger partial charge < -0.3 is 9.47 Å². The lowest BCUT2D eigenvalue weighted by atomic mass is 10.0. The van der Waals surface area contributed by atoms with Crippen LogP contribution in [0.25, 0.3) is 11.1 Å². The smallest absolute Gasteiger partial charge is 0.261 e. The third-order valence-corrected chi connectivity index (χ3v) is 5.33. The van der Waals surface area contributed by atoms with Crippen molar-refractivity contribution in [1.29, 1.82) is 0 Å². The van der Waals surface area contributed by atoms with Gasteiger partial charge in [0.15, 0.2) is 11.5 Å². The van der Waals surface area contributed by atoms with E-state index in [1.165, 1.54) is 24.3 Å². The van der Waals surface area contributed by atoms with Gasteiger partial charge in [0.1, 0.15) is 5.82 Å². The van der Waals surface area contributed by atoms with Gasteiger partial charge in [0.2, 0.25) is 6.79 Å². The molecule has 0 saturated heterocycles. The summed E-state index contributed by atoms with van der Waals surface area (Å²) in [5.41, 5.74) is 1.30. The first-order chi connectivity index (χ1) is 12.5. The van der Waals surface area contributed by atoms with Gasteiger partial charge in [0.25, 0.3) is 10.0 Å². The summed E-state index contributed by atoms with van der Waals surface area (Å²) >= 11 is 0. The highest BCUT2D eigenvalue weighted by molar-refractivity contribution is 7.92. The number of rotatable bonds is 4. The monoisotopic (exact) mass is 371 g/mol. The fraction of sp³-hybridized carbons (Fsp3) is 0.0526. The standard InChI is InChI=1S/C19H14FNO4S/c20-14-6-4-5-13(9-14)16-10-18-19(25-12-24-18)11-17(16)21-26(22,23)15-7-2-1-3-8-15/h1-11,21H,12H2. The molecule has 4 rings (SSSR count). The van der Waals surface area contributed by atoms with Crippen molar-refractivity contribution in [3.8, 4) is 22.6 Å². The Kier molecular flexibility index (Phi) is 4.00. The van der Waals surface area contributed by atoms with Crippen LogP contribution in [0.3, 0.4) is 0 Å². The van der Waals surface area contributed by atoms with Crippen LogP contribution in [0.4, 0.5) is 10.1 Å². The molecule has 1 aliphatic heterocycles. The second-order valence-corrected chi connectivity index (χ2v) is 7.36. The number of hydrogen-bond acceptors (Lipinski definition) is 4. The quantitative estimate of drug-likeness (QED) is 0.752. The summed E-state index contributed by atoms with van der Waals surface area (Å²) in [5.74, 6) is 0.486. The number of fused-ring (bicyclic) bond motifs is 1. The molecule has 132 valence electrons. The van der Waals surface area contributed by atoms with Gasteiger partial charge in [0.05, 0.1) is 10.6 Å². The molecule has 26 heavy (non-hydrogen) atoms.